The summed E-state index contributed by atoms with van der Waals surface area (Å²) in [6, 6.07) is 13.0. The molecule has 2 N–H and O–H groups in total. The lowest BCUT2D eigenvalue weighted by Gasteiger charge is -2.12. The van der Waals surface area contributed by atoms with Crippen LogP contribution in [0.15, 0.2) is 48.5 Å². The molecule has 1 aromatic heterocycles. The topological polar surface area (TPSA) is 85.2 Å². The van der Waals surface area contributed by atoms with Crippen molar-refractivity contribution in [2.45, 2.75) is 32.8 Å². The smallest absolute Gasteiger partial charge is 0.251 e. The molecule has 0 bridgehead atoms. The third-order valence-corrected chi connectivity index (χ3v) is 5.38. The average molecular weight is 436 g/mol. The molecular formula is C24H25FN4O3. The number of benzene rings is 2. The van der Waals surface area contributed by atoms with E-state index in [1.165, 1.54) is 19.1 Å². The summed E-state index contributed by atoms with van der Waals surface area (Å²) in [7, 11) is 0. The Hall–Kier alpha value is -3.52. The van der Waals surface area contributed by atoms with Crippen molar-refractivity contribution in [2.24, 2.45) is 0 Å². The van der Waals surface area contributed by atoms with Gasteiger partial charge in [-0.05, 0) is 61.7 Å². The van der Waals surface area contributed by atoms with Crippen LogP contribution in [0.5, 0.6) is 0 Å². The van der Waals surface area contributed by atoms with Gasteiger partial charge in [0.05, 0.1) is 17.5 Å². The Morgan fingerprint density at radius 3 is 2.50 bits per heavy atom. The van der Waals surface area contributed by atoms with Crippen LogP contribution in [0.25, 0.3) is 16.8 Å². The normalized spacial score (nSPS) is 15.5. The maximum Gasteiger partial charge on any atom is 0.251 e. The Morgan fingerprint density at radius 1 is 1.16 bits per heavy atom. The predicted octanol–water partition coefficient (Wildman–Crippen LogP) is 3.85. The van der Waals surface area contributed by atoms with Gasteiger partial charge in [0.2, 0.25) is 5.91 Å². The van der Waals surface area contributed by atoms with E-state index in [4.69, 9.17) is 4.74 Å². The summed E-state index contributed by atoms with van der Waals surface area (Å²) in [6.07, 6.45) is 2.06. The number of rotatable bonds is 6. The first-order chi connectivity index (χ1) is 15.4. The second-order valence-electron chi connectivity index (χ2n) is 7.80. The second-order valence-corrected chi connectivity index (χ2v) is 7.80. The maximum atomic E-state index is 13.4. The van der Waals surface area contributed by atoms with Crippen molar-refractivity contribution in [3.63, 3.8) is 0 Å². The van der Waals surface area contributed by atoms with Gasteiger partial charge >= 0.3 is 0 Å². The van der Waals surface area contributed by atoms with Crippen LogP contribution >= 0.6 is 0 Å². The highest BCUT2D eigenvalue weighted by atomic mass is 19.1. The molecule has 8 heteroatoms. The maximum absolute atomic E-state index is 13.4. The third kappa shape index (κ3) is 4.70. The number of halogens is 1. The number of nitrogens with zero attached hydrogens (tertiary/aromatic N) is 2. The van der Waals surface area contributed by atoms with Crippen LogP contribution < -0.4 is 10.6 Å². The van der Waals surface area contributed by atoms with E-state index in [0.29, 0.717) is 34.9 Å². The lowest BCUT2D eigenvalue weighted by Crippen LogP contribution is -2.31. The number of hydrogen-bond acceptors (Lipinski definition) is 4. The highest BCUT2D eigenvalue weighted by Crippen LogP contribution is 2.33. The van der Waals surface area contributed by atoms with Crippen molar-refractivity contribution in [2.75, 3.05) is 18.5 Å². The standard InChI is InChI=1S/C24H25FN4O3/c1-15-22(17-5-9-19(25)10-6-17)23(27-16(2)30)29(28-15)20-11-7-18(8-12-20)24(31)26-14-21-4-3-13-32-21/h5-12,21H,3-4,13-14H2,1-2H3,(H,26,31)(H,27,30)/t21-/m0/s1. The van der Waals surface area contributed by atoms with Crippen LogP contribution in [0.3, 0.4) is 0 Å². The van der Waals surface area contributed by atoms with Gasteiger partial charge in [-0.1, -0.05) is 12.1 Å². The van der Waals surface area contributed by atoms with Gasteiger partial charge in [-0.3, -0.25) is 9.59 Å². The molecule has 3 aromatic rings. The first-order valence-corrected chi connectivity index (χ1v) is 10.6. The first-order valence-electron chi connectivity index (χ1n) is 10.6. The summed E-state index contributed by atoms with van der Waals surface area (Å²) in [4.78, 5) is 24.3. The van der Waals surface area contributed by atoms with Crippen molar-refractivity contribution < 1.29 is 18.7 Å². The molecule has 0 spiro atoms. The fraction of sp³-hybridized carbons (Fsp3) is 0.292. The number of carbonyl (C=O) groups is 2. The first kappa shape index (κ1) is 21.7. The summed E-state index contributed by atoms with van der Waals surface area (Å²) >= 11 is 0. The van der Waals surface area contributed by atoms with Gasteiger partial charge in [0, 0.05) is 31.2 Å². The lowest BCUT2D eigenvalue weighted by atomic mass is 10.1. The van der Waals surface area contributed by atoms with E-state index in [2.05, 4.69) is 15.7 Å². The largest absolute Gasteiger partial charge is 0.376 e. The van der Waals surface area contributed by atoms with Crippen molar-refractivity contribution in [1.29, 1.82) is 0 Å². The summed E-state index contributed by atoms with van der Waals surface area (Å²) in [5, 5.41) is 10.3. The Morgan fingerprint density at radius 2 is 1.88 bits per heavy atom. The van der Waals surface area contributed by atoms with Gasteiger partial charge in [0.15, 0.2) is 0 Å². The monoisotopic (exact) mass is 436 g/mol. The van der Waals surface area contributed by atoms with E-state index in [-0.39, 0.29) is 23.7 Å². The van der Waals surface area contributed by atoms with Gasteiger partial charge < -0.3 is 15.4 Å². The number of hydrogen-bond donors (Lipinski definition) is 2. The van der Waals surface area contributed by atoms with Gasteiger partial charge in [0.25, 0.3) is 5.91 Å². The zero-order valence-electron chi connectivity index (χ0n) is 18.0. The number of ether oxygens (including phenoxy) is 1. The quantitative estimate of drug-likeness (QED) is 0.615. The molecule has 1 fully saturated rings. The summed E-state index contributed by atoms with van der Waals surface area (Å²) in [5.74, 6) is -0.275. The Labute approximate surface area is 185 Å². The minimum Gasteiger partial charge on any atom is -0.376 e. The Balaban J connectivity index is 1.61. The van der Waals surface area contributed by atoms with E-state index in [9.17, 15) is 14.0 Å². The number of aryl methyl sites for hydroxylation is 1. The van der Waals surface area contributed by atoms with Gasteiger partial charge in [-0.15, -0.1) is 0 Å². The van der Waals surface area contributed by atoms with Crippen LogP contribution in [-0.4, -0.2) is 40.9 Å². The molecular weight excluding hydrogens is 411 g/mol. The van der Waals surface area contributed by atoms with Crippen LogP contribution in [0.1, 0.15) is 35.8 Å². The molecule has 166 valence electrons. The number of nitrogens with one attached hydrogen (secondary N) is 2. The molecule has 7 nitrogen and oxygen atoms in total. The second kappa shape index (κ2) is 9.32. The number of carbonyl (C=O) groups excluding carboxylic acids is 2. The van der Waals surface area contributed by atoms with Gasteiger partial charge in [-0.25, -0.2) is 9.07 Å². The molecule has 1 atom stereocenters. The van der Waals surface area contributed by atoms with Crippen LogP contribution in [-0.2, 0) is 9.53 Å². The molecule has 0 radical (unpaired) electrons. The number of anilines is 1. The summed E-state index contributed by atoms with van der Waals surface area (Å²) in [5.41, 5.74) is 3.33. The summed E-state index contributed by atoms with van der Waals surface area (Å²) in [6.45, 7) is 4.48. The zero-order valence-corrected chi connectivity index (χ0v) is 18.0. The zero-order chi connectivity index (χ0) is 22.7. The van der Waals surface area contributed by atoms with E-state index in [0.717, 1.165) is 25.0 Å². The number of aromatic nitrogens is 2. The van der Waals surface area contributed by atoms with Crippen LogP contribution in [0.2, 0.25) is 0 Å². The van der Waals surface area contributed by atoms with E-state index in [1.54, 1.807) is 41.1 Å². The lowest BCUT2D eigenvalue weighted by molar-refractivity contribution is -0.114. The molecule has 0 saturated carbocycles. The average Bonchev–Trinajstić information content (AvgIpc) is 3.41. The molecule has 2 heterocycles. The van der Waals surface area contributed by atoms with Gasteiger partial charge in [-0.2, -0.15) is 5.10 Å². The third-order valence-electron chi connectivity index (χ3n) is 5.38. The molecule has 2 aromatic carbocycles. The molecule has 1 saturated heterocycles. The van der Waals surface area contributed by atoms with Crippen molar-refractivity contribution >= 4 is 17.6 Å². The van der Waals surface area contributed by atoms with E-state index in [1.807, 2.05) is 6.92 Å². The Bertz CT molecular complexity index is 1120. The highest BCUT2D eigenvalue weighted by Gasteiger charge is 2.20. The molecule has 2 amide bonds. The van der Waals surface area contributed by atoms with E-state index >= 15 is 0 Å². The number of amides is 2. The predicted molar refractivity (Wildman–Crippen MR) is 119 cm³/mol. The van der Waals surface area contributed by atoms with Crippen LogP contribution in [0.4, 0.5) is 10.2 Å². The molecule has 0 unspecified atom stereocenters. The Kier molecular flexibility index (Phi) is 6.32. The van der Waals surface area contributed by atoms with Crippen LogP contribution in [0, 0.1) is 12.7 Å². The minimum absolute atomic E-state index is 0.0790. The fourth-order valence-corrected chi connectivity index (χ4v) is 3.83. The minimum atomic E-state index is -0.340. The van der Waals surface area contributed by atoms with Crippen molar-refractivity contribution in [3.8, 4) is 16.8 Å². The fourth-order valence-electron chi connectivity index (χ4n) is 3.83. The van der Waals surface area contributed by atoms with Crippen molar-refractivity contribution in [3.05, 3.63) is 65.6 Å². The SMILES string of the molecule is CC(=O)Nc1c(-c2ccc(F)cc2)c(C)nn1-c1ccc(C(=O)NC[C@@H]2CCCO2)cc1. The molecule has 1 aliphatic heterocycles. The molecule has 4 rings (SSSR count). The van der Waals surface area contributed by atoms with E-state index < -0.39 is 0 Å². The van der Waals surface area contributed by atoms with Gasteiger partial charge in [0.1, 0.15) is 11.6 Å². The molecule has 1 aliphatic rings. The summed E-state index contributed by atoms with van der Waals surface area (Å²) < 4.78 is 20.5. The molecule has 0 aliphatic carbocycles. The molecule has 32 heavy (non-hydrogen) atoms. The highest BCUT2D eigenvalue weighted by molar-refractivity contribution is 5.95. The van der Waals surface area contributed by atoms with Crippen molar-refractivity contribution in [1.82, 2.24) is 15.1 Å².